The lowest BCUT2D eigenvalue weighted by Gasteiger charge is -2.32. The molecule has 102 valence electrons. The Morgan fingerprint density at radius 2 is 2.37 bits per heavy atom. The van der Waals surface area contributed by atoms with Crippen LogP contribution in [-0.2, 0) is 4.74 Å². The molecule has 1 atom stereocenters. The van der Waals surface area contributed by atoms with E-state index in [0.29, 0.717) is 25.5 Å². The molecule has 0 aliphatic carbocycles. The number of anilines is 2. The van der Waals surface area contributed by atoms with Gasteiger partial charge < -0.3 is 15.1 Å². The normalized spacial score (nSPS) is 19.3. The Balaban J connectivity index is 2.36. The average Bonchev–Trinajstić information content (AvgIpc) is 2.46. The van der Waals surface area contributed by atoms with Crippen LogP contribution in [-0.4, -0.2) is 35.8 Å². The first-order valence-electron chi connectivity index (χ1n) is 6.25. The molecule has 1 aromatic rings. The zero-order chi connectivity index (χ0) is 13.8. The van der Waals surface area contributed by atoms with Crippen LogP contribution in [0.1, 0.15) is 25.3 Å². The Bertz CT molecular complexity index is 484. The van der Waals surface area contributed by atoms with E-state index in [9.17, 15) is 0 Å². The molecule has 1 aromatic heterocycles. The molecule has 1 saturated heterocycles. The zero-order valence-corrected chi connectivity index (χ0v) is 11.1. The lowest BCUT2D eigenvalue weighted by atomic mass is 10.0. The third kappa shape index (κ3) is 2.75. The number of hydrogen-bond acceptors (Lipinski definition) is 7. The summed E-state index contributed by atoms with van der Waals surface area (Å²) in [6.07, 6.45) is 1.06. The first kappa shape index (κ1) is 13.5. The van der Waals surface area contributed by atoms with Gasteiger partial charge in [0.05, 0.1) is 19.2 Å². The number of nitriles is 1. The maximum absolute atomic E-state index is 8.97. The molecule has 7 heteroatoms. The average molecular weight is 262 g/mol. The Labute approximate surface area is 112 Å². The van der Waals surface area contributed by atoms with Crippen molar-refractivity contribution in [2.75, 3.05) is 30.0 Å². The molecule has 0 saturated carbocycles. The first-order chi connectivity index (χ1) is 9.17. The summed E-state index contributed by atoms with van der Waals surface area (Å²) in [4.78, 5) is 10.5. The van der Waals surface area contributed by atoms with Gasteiger partial charge in [-0.2, -0.15) is 5.26 Å². The summed E-state index contributed by atoms with van der Waals surface area (Å²) in [6, 6.07) is 2.13. The molecule has 3 N–H and O–H groups in total. The first-order valence-corrected chi connectivity index (χ1v) is 6.25. The van der Waals surface area contributed by atoms with Crippen LogP contribution >= 0.6 is 0 Å². The number of nitrogens with one attached hydrogen (secondary N) is 1. The summed E-state index contributed by atoms with van der Waals surface area (Å²) in [6.45, 7) is 5.86. The number of nitrogen functional groups attached to an aromatic ring is 1. The number of ether oxygens (including phenoxy) is 1. The number of hydrazine groups is 1. The van der Waals surface area contributed by atoms with Gasteiger partial charge >= 0.3 is 0 Å². The second-order valence-electron chi connectivity index (χ2n) is 4.69. The smallest absolute Gasteiger partial charge is 0.161 e. The van der Waals surface area contributed by atoms with Gasteiger partial charge in [-0.25, -0.2) is 15.8 Å². The fourth-order valence-corrected chi connectivity index (χ4v) is 2.20. The van der Waals surface area contributed by atoms with E-state index in [-0.39, 0.29) is 5.92 Å². The van der Waals surface area contributed by atoms with Crippen molar-refractivity contribution >= 4 is 11.6 Å². The number of nitrogens with two attached hydrogens (primary N) is 1. The largest absolute Gasteiger partial charge is 0.360 e. The van der Waals surface area contributed by atoms with Gasteiger partial charge in [0, 0.05) is 12.1 Å². The number of morpholine rings is 1. The molecule has 2 heterocycles. The highest BCUT2D eigenvalue weighted by molar-refractivity contribution is 5.60. The van der Waals surface area contributed by atoms with E-state index in [4.69, 9.17) is 15.8 Å². The van der Waals surface area contributed by atoms with E-state index in [1.165, 1.54) is 6.33 Å². The monoisotopic (exact) mass is 262 g/mol. The van der Waals surface area contributed by atoms with Gasteiger partial charge in [0.1, 0.15) is 18.0 Å². The summed E-state index contributed by atoms with van der Waals surface area (Å²) >= 11 is 0. The lowest BCUT2D eigenvalue weighted by molar-refractivity contribution is 0.0760. The Hall–Kier alpha value is -1.91. The van der Waals surface area contributed by atoms with Crippen molar-refractivity contribution in [1.82, 2.24) is 9.97 Å². The summed E-state index contributed by atoms with van der Waals surface area (Å²) < 4.78 is 5.35. The number of hydrogen-bond donors (Lipinski definition) is 2. The minimum Gasteiger partial charge on any atom is -0.360 e. The third-order valence-corrected chi connectivity index (χ3v) is 3.09. The maximum Gasteiger partial charge on any atom is 0.161 e. The third-order valence-electron chi connectivity index (χ3n) is 3.09. The van der Waals surface area contributed by atoms with E-state index in [1.54, 1.807) is 0 Å². The predicted octanol–water partition coefficient (Wildman–Crippen LogP) is 0.614. The maximum atomic E-state index is 8.97. The van der Waals surface area contributed by atoms with Crippen LogP contribution in [0.2, 0.25) is 0 Å². The van der Waals surface area contributed by atoms with Crippen molar-refractivity contribution in [3.8, 4) is 6.07 Å². The Morgan fingerprint density at radius 3 is 3.00 bits per heavy atom. The van der Waals surface area contributed by atoms with Gasteiger partial charge in [0.15, 0.2) is 6.10 Å². The Kier molecular flexibility index (Phi) is 4.14. The topological polar surface area (TPSA) is 100 Å². The molecular formula is C12H18N6O. The van der Waals surface area contributed by atoms with Crippen molar-refractivity contribution in [3.63, 3.8) is 0 Å². The molecule has 19 heavy (non-hydrogen) atoms. The van der Waals surface area contributed by atoms with Gasteiger partial charge in [-0.1, -0.05) is 13.8 Å². The fraction of sp³-hybridized carbons (Fsp3) is 0.583. The summed E-state index contributed by atoms with van der Waals surface area (Å²) in [7, 11) is 0. The van der Waals surface area contributed by atoms with E-state index in [0.717, 1.165) is 11.4 Å². The van der Waals surface area contributed by atoms with Crippen LogP contribution in [0.5, 0.6) is 0 Å². The fourth-order valence-electron chi connectivity index (χ4n) is 2.20. The number of nitrogens with zero attached hydrogens (tertiary/aromatic N) is 4. The lowest BCUT2D eigenvalue weighted by Crippen LogP contribution is -2.43. The molecule has 2 rings (SSSR count). The van der Waals surface area contributed by atoms with Crippen molar-refractivity contribution < 1.29 is 4.74 Å². The molecule has 0 amide bonds. The SMILES string of the molecule is CC(C)c1c(NN)ncnc1N1CCOC(C#N)C1. The van der Waals surface area contributed by atoms with Gasteiger partial charge in [-0.05, 0) is 5.92 Å². The highest BCUT2D eigenvalue weighted by Gasteiger charge is 2.25. The standard InChI is InChI=1S/C12H18N6O/c1-8(2)10-11(17-14)15-7-16-12(10)18-3-4-19-9(5-13)6-18/h7-9H,3-4,6,14H2,1-2H3,(H,15,16,17). The van der Waals surface area contributed by atoms with Gasteiger partial charge in [0.2, 0.25) is 0 Å². The highest BCUT2D eigenvalue weighted by atomic mass is 16.5. The zero-order valence-electron chi connectivity index (χ0n) is 11.1. The van der Waals surface area contributed by atoms with Gasteiger partial charge in [-0.3, -0.25) is 0 Å². The molecule has 0 spiro atoms. The highest BCUT2D eigenvalue weighted by Crippen LogP contribution is 2.31. The second-order valence-corrected chi connectivity index (χ2v) is 4.69. The molecule has 1 aliphatic heterocycles. The van der Waals surface area contributed by atoms with Crippen LogP contribution in [0.3, 0.4) is 0 Å². The molecular weight excluding hydrogens is 244 g/mol. The van der Waals surface area contributed by atoms with Crippen molar-refractivity contribution in [2.45, 2.75) is 25.9 Å². The van der Waals surface area contributed by atoms with Crippen LogP contribution in [0.15, 0.2) is 6.33 Å². The van der Waals surface area contributed by atoms with Crippen LogP contribution in [0.25, 0.3) is 0 Å². The van der Waals surface area contributed by atoms with Gasteiger partial charge in [0.25, 0.3) is 0 Å². The van der Waals surface area contributed by atoms with Crippen LogP contribution in [0.4, 0.5) is 11.6 Å². The van der Waals surface area contributed by atoms with E-state index in [1.807, 2.05) is 0 Å². The summed E-state index contributed by atoms with van der Waals surface area (Å²) in [5.41, 5.74) is 3.57. The number of rotatable bonds is 3. The second kappa shape index (κ2) is 5.82. The molecule has 1 fully saturated rings. The quantitative estimate of drug-likeness (QED) is 0.608. The van der Waals surface area contributed by atoms with Crippen LogP contribution in [0, 0.1) is 11.3 Å². The molecule has 1 unspecified atom stereocenters. The van der Waals surface area contributed by atoms with E-state index >= 15 is 0 Å². The Morgan fingerprint density at radius 1 is 1.58 bits per heavy atom. The van der Waals surface area contributed by atoms with E-state index < -0.39 is 6.10 Å². The minimum atomic E-state index is -0.419. The van der Waals surface area contributed by atoms with Crippen molar-refractivity contribution in [2.24, 2.45) is 5.84 Å². The van der Waals surface area contributed by atoms with Crippen molar-refractivity contribution in [1.29, 1.82) is 5.26 Å². The molecule has 0 radical (unpaired) electrons. The predicted molar refractivity (Wildman–Crippen MR) is 71.5 cm³/mol. The van der Waals surface area contributed by atoms with Crippen LogP contribution < -0.4 is 16.2 Å². The molecule has 0 aromatic carbocycles. The molecule has 7 nitrogen and oxygen atoms in total. The summed E-state index contributed by atoms with van der Waals surface area (Å²) in [5, 5.41) is 8.97. The van der Waals surface area contributed by atoms with Crippen molar-refractivity contribution in [3.05, 3.63) is 11.9 Å². The molecule has 1 aliphatic rings. The molecule has 0 bridgehead atoms. The number of aromatic nitrogens is 2. The minimum absolute atomic E-state index is 0.227. The van der Waals surface area contributed by atoms with E-state index in [2.05, 4.69) is 40.2 Å². The van der Waals surface area contributed by atoms with Gasteiger partial charge in [-0.15, -0.1) is 0 Å². The summed E-state index contributed by atoms with van der Waals surface area (Å²) in [5.74, 6) is 7.18.